The molecule has 0 N–H and O–H groups in total. The Balaban J connectivity index is 2.54. The van der Waals surface area contributed by atoms with Crippen molar-refractivity contribution >= 4 is 15.2 Å². The van der Waals surface area contributed by atoms with Crippen molar-refractivity contribution in [1.29, 1.82) is 0 Å². The zero-order valence-electron chi connectivity index (χ0n) is 5.24. The zero-order valence-corrected chi connectivity index (χ0v) is 6.24. The summed E-state index contributed by atoms with van der Waals surface area (Å²) in [5, 5.41) is 0. The fraction of sp³-hybridized carbons (Fsp3) is 0. The average molecular weight is 151 g/mol. The van der Waals surface area contributed by atoms with Crippen LogP contribution in [0.2, 0.25) is 0 Å². The van der Waals surface area contributed by atoms with Crippen molar-refractivity contribution in [3.63, 3.8) is 0 Å². The summed E-state index contributed by atoms with van der Waals surface area (Å²) in [4.78, 5) is 0. The first kappa shape index (κ1) is 5.87. The Hall–Kier alpha value is -0.880. The van der Waals surface area contributed by atoms with Crippen LogP contribution in [0.15, 0.2) is 29.0 Å². The van der Waals surface area contributed by atoms with E-state index < -0.39 is 0 Å². The topological polar surface area (TPSA) is 21.6 Å². The van der Waals surface area contributed by atoms with Crippen LogP contribution in [0.3, 0.4) is 0 Å². The van der Waals surface area contributed by atoms with E-state index in [0.717, 1.165) is 11.3 Å². The lowest BCUT2D eigenvalue weighted by Gasteiger charge is -2.08. The van der Waals surface area contributed by atoms with Gasteiger partial charge in [0.25, 0.3) is 0 Å². The van der Waals surface area contributed by atoms with Crippen molar-refractivity contribution in [2.75, 3.05) is 0 Å². The standard InChI is InChI=1S/C7H6NOP/c1-2-4-7-6(3-1)5-8-10-9-7/h1-5,10H. The van der Waals surface area contributed by atoms with Crippen LogP contribution in [-0.2, 0) is 0 Å². The Bertz CT molecular complexity index is 272. The minimum Gasteiger partial charge on any atom is -0.453 e. The first-order valence-electron chi connectivity index (χ1n) is 3.01. The number of fused-ring (bicyclic) bond motifs is 1. The number of nitrogens with zero attached hydrogens (tertiary/aromatic N) is 1. The highest BCUT2D eigenvalue weighted by Crippen LogP contribution is 2.28. The van der Waals surface area contributed by atoms with Gasteiger partial charge in [0.1, 0.15) is 5.75 Å². The van der Waals surface area contributed by atoms with Crippen LogP contribution in [0.25, 0.3) is 0 Å². The fourth-order valence-corrected chi connectivity index (χ4v) is 1.38. The molecule has 2 nitrogen and oxygen atoms in total. The Morgan fingerprint density at radius 2 is 2.20 bits per heavy atom. The van der Waals surface area contributed by atoms with E-state index in [1.54, 1.807) is 0 Å². The van der Waals surface area contributed by atoms with Crippen LogP contribution in [-0.4, -0.2) is 6.21 Å². The van der Waals surface area contributed by atoms with E-state index in [1.165, 1.54) is 0 Å². The second kappa shape index (κ2) is 2.39. The van der Waals surface area contributed by atoms with Crippen LogP contribution in [0.5, 0.6) is 5.75 Å². The minimum atomic E-state index is 0.238. The molecule has 1 aliphatic rings. The van der Waals surface area contributed by atoms with Crippen LogP contribution in [0.1, 0.15) is 5.56 Å². The monoisotopic (exact) mass is 151 g/mol. The quantitative estimate of drug-likeness (QED) is 0.519. The highest BCUT2D eigenvalue weighted by molar-refractivity contribution is 7.31. The Morgan fingerprint density at radius 1 is 1.30 bits per heavy atom. The van der Waals surface area contributed by atoms with E-state index >= 15 is 0 Å². The van der Waals surface area contributed by atoms with E-state index in [0.29, 0.717) is 0 Å². The normalized spacial score (nSPS) is 16.4. The van der Waals surface area contributed by atoms with Crippen molar-refractivity contribution in [1.82, 2.24) is 0 Å². The van der Waals surface area contributed by atoms with E-state index in [-0.39, 0.29) is 8.96 Å². The van der Waals surface area contributed by atoms with Crippen molar-refractivity contribution in [3.05, 3.63) is 29.8 Å². The van der Waals surface area contributed by atoms with Gasteiger partial charge in [-0.15, -0.1) is 0 Å². The maximum Gasteiger partial charge on any atom is 0.196 e. The van der Waals surface area contributed by atoms with Crippen LogP contribution < -0.4 is 4.52 Å². The maximum atomic E-state index is 5.25. The molecule has 0 saturated heterocycles. The van der Waals surface area contributed by atoms with Crippen LogP contribution >= 0.6 is 8.96 Å². The van der Waals surface area contributed by atoms with Crippen molar-refractivity contribution < 1.29 is 4.52 Å². The predicted molar refractivity (Wildman–Crippen MR) is 43.0 cm³/mol. The third-order valence-electron chi connectivity index (χ3n) is 1.33. The molecule has 0 aliphatic carbocycles. The molecule has 0 amide bonds. The highest BCUT2D eigenvalue weighted by Gasteiger charge is 2.02. The molecule has 0 spiro atoms. The van der Waals surface area contributed by atoms with Gasteiger partial charge in [-0.1, -0.05) is 12.1 Å². The molecular weight excluding hydrogens is 145 g/mol. The Labute approximate surface area is 60.9 Å². The van der Waals surface area contributed by atoms with Gasteiger partial charge in [-0.05, 0) is 12.1 Å². The van der Waals surface area contributed by atoms with E-state index in [2.05, 4.69) is 4.76 Å². The van der Waals surface area contributed by atoms with Gasteiger partial charge >= 0.3 is 0 Å². The van der Waals surface area contributed by atoms with Crippen molar-refractivity contribution in [2.24, 2.45) is 4.76 Å². The van der Waals surface area contributed by atoms with Crippen molar-refractivity contribution in [2.45, 2.75) is 0 Å². The summed E-state index contributed by atoms with van der Waals surface area (Å²) in [7, 11) is 0.238. The molecule has 0 radical (unpaired) electrons. The summed E-state index contributed by atoms with van der Waals surface area (Å²) in [6.07, 6.45) is 1.84. The van der Waals surface area contributed by atoms with Gasteiger partial charge in [0.2, 0.25) is 0 Å². The smallest absolute Gasteiger partial charge is 0.196 e. The molecule has 1 aromatic carbocycles. The molecule has 1 unspecified atom stereocenters. The number of benzene rings is 1. The minimum absolute atomic E-state index is 0.238. The molecule has 0 saturated carbocycles. The van der Waals surface area contributed by atoms with Gasteiger partial charge in [0.05, 0.1) is 0 Å². The summed E-state index contributed by atoms with van der Waals surface area (Å²) in [6.45, 7) is 0. The molecule has 50 valence electrons. The fourth-order valence-electron chi connectivity index (χ4n) is 0.852. The lowest BCUT2D eigenvalue weighted by atomic mass is 10.2. The summed E-state index contributed by atoms with van der Waals surface area (Å²) in [5.41, 5.74) is 1.07. The molecular formula is C7H6NOP. The molecule has 1 aromatic rings. The molecule has 1 aliphatic heterocycles. The molecule has 0 fully saturated rings. The van der Waals surface area contributed by atoms with E-state index in [4.69, 9.17) is 4.52 Å². The first-order chi connectivity index (χ1) is 4.97. The van der Waals surface area contributed by atoms with Crippen molar-refractivity contribution in [3.8, 4) is 5.75 Å². The lowest BCUT2D eigenvalue weighted by molar-refractivity contribution is 0.627. The van der Waals surface area contributed by atoms with Gasteiger partial charge in [-0.3, -0.25) is 0 Å². The number of hydrogen-bond donors (Lipinski definition) is 0. The van der Waals surface area contributed by atoms with Gasteiger partial charge < -0.3 is 4.52 Å². The summed E-state index contributed by atoms with van der Waals surface area (Å²) < 4.78 is 9.25. The van der Waals surface area contributed by atoms with Gasteiger partial charge in [-0.2, -0.15) is 0 Å². The zero-order chi connectivity index (χ0) is 6.81. The predicted octanol–water partition coefficient (Wildman–Crippen LogP) is 2.01. The molecule has 3 heteroatoms. The maximum absolute atomic E-state index is 5.25. The lowest BCUT2D eigenvalue weighted by Crippen LogP contribution is -1.90. The number of rotatable bonds is 0. The van der Waals surface area contributed by atoms with Gasteiger partial charge in [0.15, 0.2) is 8.96 Å². The largest absolute Gasteiger partial charge is 0.453 e. The first-order valence-corrected chi connectivity index (χ1v) is 3.86. The van der Waals surface area contributed by atoms with Gasteiger partial charge in [-0.25, -0.2) is 4.76 Å². The van der Waals surface area contributed by atoms with Crippen LogP contribution in [0, 0.1) is 0 Å². The summed E-state index contributed by atoms with van der Waals surface area (Å²) >= 11 is 0. The third kappa shape index (κ3) is 0.910. The molecule has 1 heterocycles. The SMILES string of the molecule is C1=NPOc2ccccc21. The second-order valence-electron chi connectivity index (χ2n) is 1.99. The van der Waals surface area contributed by atoms with Gasteiger partial charge in [0, 0.05) is 11.8 Å². The summed E-state index contributed by atoms with van der Waals surface area (Å²) in [5.74, 6) is 0.941. The van der Waals surface area contributed by atoms with E-state index in [9.17, 15) is 0 Å². The third-order valence-corrected chi connectivity index (χ3v) is 1.88. The average Bonchev–Trinajstić information content (AvgIpc) is 2.05. The Kier molecular flexibility index (Phi) is 1.40. The summed E-state index contributed by atoms with van der Waals surface area (Å²) in [6, 6.07) is 7.88. The number of hydrogen-bond acceptors (Lipinski definition) is 2. The molecule has 0 bridgehead atoms. The van der Waals surface area contributed by atoms with E-state index in [1.807, 2.05) is 30.5 Å². The molecule has 1 atom stereocenters. The second-order valence-corrected chi connectivity index (χ2v) is 2.63. The Morgan fingerprint density at radius 3 is 3.10 bits per heavy atom. The van der Waals surface area contributed by atoms with Crippen LogP contribution in [0.4, 0.5) is 0 Å². The highest BCUT2D eigenvalue weighted by atomic mass is 31.1. The molecule has 0 aromatic heterocycles. The molecule has 10 heavy (non-hydrogen) atoms. The molecule has 2 rings (SSSR count). The number of para-hydroxylation sites is 1.